The van der Waals surface area contributed by atoms with E-state index < -0.39 is 17.8 Å². The standard InChI is InChI=1S/C19H26F3N3O3.ClH/c1-25(18(26)15-4-3-9-23-15)11-12-10-14(20)17(24-16(12)27-2)28-13-5-7-19(21,22)8-6-13;/h10,13,15,23H,3-9,11H2,1-2H3;1H. The molecule has 1 amide bonds. The van der Waals surface area contributed by atoms with E-state index >= 15 is 0 Å². The normalized spacial score (nSPS) is 21.3. The summed E-state index contributed by atoms with van der Waals surface area (Å²) in [7, 11) is 3.04. The number of amides is 1. The van der Waals surface area contributed by atoms with Crippen molar-refractivity contribution < 1.29 is 27.4 Å². The summed E-state index contributed by atoms with van der Waals surface area (Å²) in [6.07, 6.45) is 0.944. The van der Waals surface area contributed by atoms with Crippen molar-refractivity contribution in [2.24, 2.45) is 0 Å². The minimum atomic E-state index is -2.68. The molecule has 0 radical (unpaired) electrons. The van der Waals surface area contributed by atoms with Gasteiger partial charge in [-0.1, -0.05) is 0 Å². The van der Waals surface area contributed by atoms with Gasteiger partial charge in [-0.3, -0.25) is 4.79 Å². The summed E-state index contributed by atoms with van der Waals surface area (Å²) >= 11 is 0. The fourth-order valence-corrected chi connectivity index (χ4v) is 3.65. The number of aromatic nitrogens is 1. The Kier molecular flexibility index (Phi) is 7.99. The molecule has 1 aromatic rings. The van der Waals surface area contributed by atoms with Gasteiger partial charge in [0.15, 0.2) is 5.82 Å². The summed E-state index contributed by atoms with van der Waals surface area (Å²) < 4.78 is 51.8. The van der Waals surface area contributed by atoms with E-state index in [1.54, 1.807) is 7.05 Å². The molecule has 1 saturated heterocycles. The lowest BCUT2D eigenvalue weighted by atomic mass is 9.94. The number of carbonyl (C=O) groups is 1. The molecule has 29 heavy (non-hydrogen) atoms. The Hall–Kier alpha value is -1.74. The van der Waals surface area contributed by atoms with Crippen molar-refractivity contribution in [2.75, 3.05) is 20.7 Å². The first-order valence-electron chi connectivity index (χ1n) is 9.55. The monoisotopic (exact) mass is 437 g/mol. The van der Waals surface area contributed by atoms with Gasteiger partial charge in [0.1, 0.15) is 6.10 Å². The summed E-state index contributed by atoms with van der Waals surface area (Å²) in [4.78, 5) is 18.0. The Labute approximate surface area is 174 Å². The van der Waals surface area contributed by atoms with E-state index in [1.807, 2.05) is 0 Å². The zero-order valence-electron chi connectivity index (χ0n) is 16.6. The number of pyridine rings is 1. The van der Waals surface area contributed by atoms with Crippen molar-refractivity contribution in [3.63, 3.8) is 0 Å². The SMILES string of the molecule is COc1nc(OC2CCC(F)(F)CC2)c(F)cc1CN(C)C(=O)C1CCCN1.Cl. The number of hydrogen-bond donors (Lipinski definition) is 1. The van der Waals surface area contributed by atoms with Crippen LogP contribution in [0.25, 0.3) is 0 Å². The number of likely N-dealkylation sites (N-methyl/N-ethyl adjacent to an activating group) is 1. The molecule has 1 saturated carbocycles. The smallest absolute Gasteiger partial charge is 0.254 e. The van der Waals surface area contributed by atoms with Gasteiger partial charge in [0.05, 0.1) is 19.7 Å². The lowest BCUT2D eigenvalue weighted by Crippen LogP contribution is -2.41. The molecule has 1 N–H and O–H groups in total. The molecule has 1 unspecified atom stereocenters. The maximum atomic E-state index is 14.5. The Bertz CT molecular complexity index is 707. The molecule has 0 bridgehead atoms. The fourth-order valence-electron chi connectivity index (χ4n) is 3.65. The average molecular weight is 438 g/mol. The molecule has 10 heteroatoms. The highest BCUT2D eigenvalue weighted by Crippen LogP contribution is 2.35. The number of nitrogens with one attached hydrogen (secondary N) is 1. The molecule has 1 aliphatic carbocycles. The van der Waals surface area contributed by atoms with Crippen LogP contribution in [0.2, 0.25) is 0 Å². The third kappa shape index (κ3) is 5.88. The molecule has 1 aromatic heterocycles. The molecular weight excluding hydrogens is 411 g/mol. The molecule has 1 aliphatic heterocycles. The molecule has 1 atom stereocenters. The van der Waals surface area contributed by atoms with E-state index in [-0.39, 0.29) is 68.3 Å². The lowest BCUT2D eigenvalue weighted by Gasteiger charge is -2.28. The Morgan fingerprint density at radius 3 is 2.59 bits per heavy atom. The third-order valence-electron chi connectivity index (χ3n) is 5.26. The van der Waals surface area contributed by atoms with E-state index in [2.05, 4.69) is 10.3 Å². The van der Waals surface area contributed by atoms with Gasteiger partial charge in [0, 0.05) is 25.5 Å². The molecule has 6 nitrogen and oxygen atoms in total. The second kappa shape index (κ2) is 9.84. The van der Waals surface area contributed by atoms with Crippen LogP contribution in [0.3, 0.4) is 0 Å². The first kappa shape index (κ1) is 23.5. The molecule has 2 fully saturated rings. The van der Waals surface area contributed by atoms with Crippen LogP contribution in [0.1, 0.15) is 44.1 Å². The third-order valence-corrected chi connectivity index (χ3v) is 5.26. The number of nitrogens with zero attached hydrogens (tertiary/aromatic N) is 2. The van der Waals surface area contributed by atoms with Gasteiger partial charge in [-0.05, 0) is 38.3 Å². The predicted octanol–water partition coefficient (Wildman–Crippen LogP) is 3.32. The van der Waals surface area contributed by atoms with Crippen LogP contribution in [-0.2, 0) is 11.3 Å². The van der Waals surface area contributed by atoms with Crippen molar-refractivity contribution in [3.05, 3.63) is 17.4 Å². The summed E-state index contributed by atoms with van der Waals surface area (Å²) in [5.41, 5.74) is 0.413. The molecule has 0 aromatic carbocycles. The molecule has 3 rings (SSSR count). The second-order valence-corrected chi connectivity index (χ2v) is 7.46. The number of halogens is 4. The average Bonchev–Trinajstić information content (AvgIpc) is 3.19. The first-order chi connectivity index (χ1) is 13.3. The highest BCUT2D eigenvalue weighted by atomic mass is 35.5. The Balaban J connectivity index is 0.00000300. The fraction of sp³-hybridized carbons (Fsp3) is 0.684. The van der Waals surface area contributed by atoms with Crippen molar-refractivity contribution >= 4 is 18.3 Å². The van der Waals surface area contributed by atoms with Crippen LogP contribution in [0.15, 0.2) is 6.07 Å². The van der Waals surface area contributed by atoms with E-state index in [0.717, 1.165) is 19.4 Å². The maximum absolute atomic E-state index is 14.5. The van der Waals surface area contributed by atoms with Crippen LogP contribution >= 0.6 is 12.4 Å². The van der Waals surface area contributed by atoms with Crippen molar-refractivity contribution in [3.8, 4) is 11.8 Å². The summed E-state index contributed by atoms with van der Waals surface area (Å²) in [6, 6.07) is 1.01. The maximum Gasteiger partial charge on any atom is 0.254 e. The highest BCUT2D eigenvalue weighted by Gasteiger charge is 2.36. The molecule has 164 valence electrons. The number of carbonyl (C=O) groups excluding carboxylic acids is 1. The predicted molar refractivity (Wildman–Crippen MR) is 103 cm³/mol. The molecule has 0 spiro atoms. The van der Waals surface area contributed by atoms with Crippen molar-refractivity contribution in [1.29, 1.82) is 0 Å². The molecule has 2 heterocycles. The zero-order chi connectivity index (χ0) is 20.3. The van der Waals surface area contributed by atoms with Gasteiger partial charge in [0.25, 0.3) is 5.88 Å². The molecule has 2 aliphatic rings. The minimum absolute atomic E-state index is 0. The number of ether oxygens (including phenoxy) is 2. The molecular formula is C19H27ClF3N3O3. The van der Waals surface area contributed by atoms with Gasteiger partial charge in [-0.15, -0.1) is 12.4 Å². The Morgan fingerprint density at radius 1 is 1.31 bits per heavy atom. The van der Waals surface area contributed by atoms with E-state index in [0.29, 0.717) is 5.56 Å². The minimum Gasteiger partial charge on any atom is -0.481 e. The second-order valence-electron chi connectivity index (χ2n) is 7.46. The quantitative estimate of drug-likeness (QED) is 0.739. The van der Waals surface area contributed by atoms with Crippen LogP contribution in [0.5, 0.6) is 11.8 Å². The van der Waals surface area contributed by atoms with Gasteiger partial charge in [-0.25, -0.2) is 13.2 Å². The van der Waals surface area contributed by atoms with E-state index in [1.165, 1.54) is 18.1 Å². The number of methoxy groups -OCH3 is 1. The number of hydrogen-bond acceptors (Lipinski definition) is 5. The van der Waals surface area contributed by atoms with Gasteiger partial charge < -0.3 is 19.7 Å². The first-order valence-corrected chi connectivity index (χ1v) is 9.55. The summed E-state index contributed by atoms with van der Waals surface area (Å²) in [5, 5.41) is 3.14. The van der Waals surface area contributed by atoms with Crippen molar-refractivity contribution in [2.45, 2.75) is 63.1 Å². The zero-order valence-corrected chi connectivity index (χ0v) is 17.4. The van der Waals surface area contributed by atoms with Crippen molar-refractivity contribution in [1.82, 2.24) is 15.2 Å². The van der Waals surface area contributed by atoms with Crippen LogP contribution < -0.4 is 14.8 Å². The summed E-state index contributed by atoms with van der Waals surface area (Å²) in [6.45, 7) is 0.947. The van der Waals surface area contributed by atoms with Gasteiger partial charge in [-0.2, -0.15) is 4.98 Å². The van der Waals surface area contributed by atoms with Crippen LogP contribution in [0, 0.1) is 5.82 Å². The number of alkyl halides is 2. The highest BCUT2D eigenvalue weighted by molar-refractivity contribution is 5.85. The van der Waals surface area contributed by atoms with Gasteiger partial charge in [0.2, 0.25) is 17.7 Å². The van der Waals surface area contributed by atoms with E-state index in [9.17, 15) is 18.0 Å². The van der Waals surface area contributed by atoms with Crippen LogP contribution in [-0.4, -0.2) is 54.6 Å². The lowest BCUT2D eigenvalue weighted by molar-refractivity contribution is -0.132. The summed E-state index contributed by atoms with van der Waals surface area (Å²) in [5.74, 6) is -3.56. The van der Waals surface area contributed by atoms with E-state index in [4.69, 9.17) is 9.47 Å². The topological polar surface area (TPSA) is 63.7 Å². The Morgan fingerprint density at radius 2 is 2.00 bits per heavy atom. The van der Waals surface area contributed by atoms with Crippen LogP contribution in [0.4, 0.5) is 13.2 Å². The van der Waals surface area contributed by atoms with Gasteiger partial charge >= 0.3 is 0 Å². The number of rotatable bonds is 6. The largest absolute Gasteiger partial charge is 0.481 e.